The number of hydrogen-bond donors (Lipinski definition) is 1. The van der Waals surface area contributed by atoms with Gasteiger partial charge in [0.15, 0.2) is 0 Å². The number of hydrogen-bond acceptors (Lipinski definition) is 2. The molecule has 0 unspecified atom stereocenters. The topological polar surface area (TPSA) is 32.3 Å². The van der Waals surface area contributed by atoms with Gasteiger partial charge in [-0.15, -0.1) is 0 Å². The molecule has 0 fully saturated rings. The highest BCUT2D eigenvalue weighted by atomic mass is 16.2. The van der Waals surface area contributed by atoms with Crippen LogP contribution in [-0.4, -0.2) is 37.0 Å². The van der Waals surface area contributed by atoms with Gasteiger partial charge in [0.05, 0.1) is 0 Å². The molecule has 1 aromatic carbocycles. The fraction of sp³-hybridized carbons (Fsp3) is 0.588. The Hall–Kier alpha value is -1.35. The first kappa shape index (κ1) is 16.7. The van der Waals surface area contributed by atoms with Gasteiger partial charge in [0, 0.05) is 18.5 Å². The zero-order valence-corrected chi connectivity index (χ0v) is 13.3. The molecule has 1 amide bonds. The Bertz CT molecular complexity index is 397. The highest BCUT2D eigenvalue weighted by Crippen LogP contribution is 2.21. The molecule has 3 heteroatoms. The van der Waals surface area contributed by atoms with E-state index in [1.165, 1.54) is 5.56 Å². The van der Waals surface area contributed by atoms with Crippen LogP contribution in [0.2, 0.25) is 0 Å². The van der Waals surface area contributed by atoms with Gasteiger partial charge in [-0.3, -0.25) is 4.79 Å². The maximum absolute atomic E-state index is 12.3. The Morgan fingerprint density at radius 3 is 2.30 bits per heavy atom. The lowest BCUT2D eigenvalue weighted by atomic mass is 9.85. The van der Waals surface area contributed by atoms with Crippen LogP contribution in [0, 0.1) is 5.41 Å². The summed E-state index contributed by atoms with van der Waals surface area (Å²) in [5, 5.41) is 3.06. The van der Waals surface area contributed by atoms with E-state index in [0.29, 0.717) is 0 Å². The van der Waals surface area contributed by atoms with E-state index in [9.17, 15) is 4.79 Å². The summed E-state index contributed by atoms with van der Waals surface area (Å²) in [6.07, 6.45) is 0.769. The molecule has 1 N–H and O–H groups in total. The van der Waals surface area contributed by atoms with Crippen molar-refractivity contribution < 1.29 is 4.79 Å². The summed E-state index contributed by atoms with van der Waals surface area (Å²) < 4.78 is 0. The van der Waals surface area contributed by atoms with Gasteiger partial charge >= 0.3 is 0 Å². The van der Waals surface area contributed by atoms with Crippen molar-refractivity contribution in [1.82, 2.24) is 10.2 Å². The van der Waals surface area contributed by atoms with Gasteiger partial charge in [0.1, 0.15) is 0 Å². The monoisotopic (exact) mass is 276 g/mol. The van der Waals surface area contributed by atoms with Crippen LogP contribution >= 0.6 is 0 Å². The Kier molecular flexibility index (Phi) is 6.73. The van der Waals surface area contributed by atoms with E-state index in [4.69, 9.17) is 0 Å². The molecule has 0 saturated heterocycles. The van der Waals surface area contributed by atoms with Crippen LogP contribution < -0.4 is 5.32 Å². The van der Waals surface area contributed by atoms with Crippen LogP contribution in [0.5, 0.6) is 0 Å². The summed E-state index contributed by atoms with van der Waals surface area (Å²) in [6, 6.07) is 10.2. The molecular weight excluding hydrogens is 248 g/mol. The first-order valence-corrected chi connectivity index (χ1v) is 7.54. The van der Waals surface area contributed by atoms with E-state index in [1.807, 2.05) is 32.0 Å². The van der Waals surface area contributed by atoms with Crippen LogP contribution in [0.3, 0.4) is 0 Å². The third-order valence-electron chi connectivity index (χ3n) is 3.71. The van der Waals surface area contributed by atoms with Crippen molar-refractivity contribution in [3.8, 4) is 0 Å². The Labute approximate surface area is 123 Å². The molecule has 1 rings (SSSR count). The highest BCUT2D eigenvalue weighted by Gasteiger charge is 2.27. The summed E-state index contributed by atoms with van der Waals surface area (Å²) in [5.74, 6) is 0.133. The molecule has 0 aliphatic rings. The number of amides is 1. The lowest BCUT2D eigenvalue weighted by Gasteiger charge is -2.25. The summed E-state index contributed by atoms with van der Waals surface area (Å²) in [4.78, 5) is 14.6. The third-order valence-corrected chi connectivity index (χ3v) is 3.71. The number of nitrogens with zero attached hydrogens (tertiary/aromatic N) is 1. The molecule has 0 saturated carbocycles. The number of rotatable bonds is 8. The van der Waals surface area contributed by atoms with Crippen molar-refractivity contribution in [2.24, 2.45) is 5.41 Å². The van der Waals surface area contributed by atoms with E-state index >= 15 is 0 Å². The predicted molar refractivity (Wildman–Crippen MR) is 84.7 cm³/mol. The normalized spacial score (nSPS) is 11.7. The van der Waals surface area contributed by atoms with E-state index < -0.39 is 0 Å². The average Bonchev–Trinajstić information content (AvgIpc) is 2.44. The lowest BCUT2D eigenvalue weighted by molar-refractivity contribution is -0.129. The highest BCUT2D eigenvalue weighted by molar-refractivity contribution is 5.82. The van der Waals surface area contributed by atoms with Crippen LogP contribution in [0.15, 0.2) is 30.3 Å². The van der Waals surface area contributed by atoms with Gasteiger partial charge in [-0.2, -0.15) is 0 Å². The molecule has 0 radical (unpaired) electrons. The molecule has 0 aromatic heterocycles. The van der Waals surface area contributed by atoms with E-state index in [1.54, 1.807) is 0 Å². The third kappa shape index (κ3) is 5.33. The molecule has 3 nitrogen and oxygen atoms in total. The minimum Gasteiger partial charge on any atom is -0.354 e. The van der Waals surface area contributed by atoms with Gasteiger partial charge in [0.25, 0.3) is 0 Å². The number of carbonyl (C=O) groups is 1. The molecule has 20 heavy (non-hydrogen) atoms. The standard InChI is InChI=1S/C17H28N2O/c1-5-19(6-2)13-12-18-16(20)17(3,4)14-15-10-8-7-9-11-15/h7-11H,5-6,12-14H2,1-4H3,(H,18,20). The lowest BCUT2D eigenvalue weighted by Crippen LogP contribution is -2.42. The molecule has 0 bridgehead atoms. The van der Waals surface area contributed by atoms with Crippen molar-refractivity contribution in [3.05, 3.63) is 35.9 Å². The molecule has 0 heterocycles. The second-order valence-corrected chi connectivity index (χ2v) is 5.83. The first-order valence-electron chi connectivity index (χ1n) is 7.54. The van der Waals surface area contributed by atoms with Gasteiger partial charge in [-0.1, -0.05) is 58.0 Å². The van der Waals surface area contributed by atoms with Gasteiger partial charge in [-0.05, 0) is 25.1 Å². The smallest absolute Gasteiger partial charge is 0.226 e. The number of nitrogens with one attached hydrogen (secondary N) is 1. The van der Waals surface area contributed by atoms with E-state index in [-0.39, 0.29) is 11.3 Å². The molecule has 0 aliphatic heterocycles. The van der Waals surface area contributed by atoms with Crippen LogP contribution in [0.4, 0.5) is 0 Å². The molecule has 112 valence electrons. The fourth-order valence-electron chi connectivity index (χ4n) is 2.29. The Morgan fingerprint density at radius 2 is 1.75 bits per heavy atom. The molecule has 0 aliphatic carbocycles. The second kappa shape index (κ2) is 8.05. The maximum Gasteiger partial charge on any atom is 0.226 e. The van der Waals surface area contributed by atoms with Gasteiger partial charge in [-0.25, -0.2) is 0 Å². The number of carbonyl (C=O) groups excluding carboxylic acids is 1. The van der Waals surface area contributed by atoms with Crippen molar-refractivity contribution in [2.75, 3.05) is 26.2 Å². The summed E-state index contributed by atoms with van der Waals surface area (Å²) >= 11 is 0. The second-order valence-electron chi connectivity index (χ2n) is 5.83. The van der Waals surface area contributed by atoms with Crippen molar-refractivity contribution in [2.45, 2.75) is 34.1 Å². The zero-order valence-electron chi connectivity index (χ0n) is 13.3. The summed E-state index contributed by atoms with van der Waals surface area (Å²) in [6.45, 7) is 12.0. The van der Waals surface area contributed by atoms with Crippen molar-refractivity contribution in [1.29, 1.82) is 0 Å². The largest absolute Gasteiger partial charge is 0.354 e. The van der Waals surface area contributed by atoms with Crippen molar-refractivity contribution >= 4 is 5.91 Å². The van der Waals surface area contributed by atoms with Crippen LogP contribution in [-0.2, 0) is 11.2 Å². The number of likely N-dealkylation sites (N-methyl/N-ethyl adjacent to an activating group) is 1. The summed E-state index contributed by atoms with van der Waals surface area (Å²) in [5.41, 5.74) is 0.835. The van der Waals surface area contributed by atoms with Gasteiger partial charge in [0.2, 0.25) is 5.91 Å². The SMILES string of the molecule is CCN(CC)CCNC(=O)C(C)(C)Cc1ccccc1. The van der Waals surface area contributed by atoms with Crippen molar-refractivity contribution in [3.63, 3.8) is 0 Å². The molecule has 0 atom stereocenters. The molecular formula is C17H28N2O. The quantitative estimate of drug-likeness (QED) is 0.792. The van der Waals surface area contributed by atoms with Crippen LogP contribution in [0.1, 0.15) is 33.3 Å². The zero-order chi connectivity index (χ0) is 15.0. The Balaban J connectivity index is 2.44. The molecule has 0 spiro atoms. The minimum atomic E-state index is -0.370. The maximum atomic E-state index is 12.3. The van der Waals surface area contributed by atoms with Crippen LogP contribution in [0.25, 0.3) is 0 Å². The minimum absolute atomic E-state index is 0.133. The Morgan fingerprint density at radius 1 is 1.15 bits per heavy atom. The predicted octanol–water partition coefficient (Wildman–Crippen LogP) is 2.71. The number of benzene rings is 1. The average molecular weight is 276 g/mol. The van der Waals surface area contributed by atoms with E-state index in [2.05, 4.69) is 36.2 Å². The summed E-state index contributed by atoms with van der Waals surface area (Å²) in [7, 11) is 0. The fourth-order valence-corrected chi connectivity index (χ4v) is 2.29. The van der Waals surface area contributed by atoms with Gasteiger partial charge < -0.3 is 10.2 Å². The first-order chi connectivity index (χ1) is 9.49. The molecule has 1 aromatic rings. The van der Waals surface area contributed by atoms with E-state index in [0.717, 1.165) is 32.6 Å².